The van der Waals surface area contributed by atoms with Crippen LogP contribution in [-0.4, -0.2) is 29.5 Å². The van der Waals surface area contributed by atoms with Gasteiger partial charge in [0.1, 0.15) is 6.10 Å². The quantitative estimate of drug-likeness (QED) is 0.621. The van der Waals surface area contributed by atoms with E-state index in [1.807, 2.05) is 24.5 Å². The van der Waals surface area contributed by atoms with Crippen molar-refractivity contribution in [2.75, 3.05) is 11.6 Å². The highest BCUT2D eigenvalue weighted by atomic mass is 32.2. The molecule has 108 valence electrons. The van der Waals surface area contributed by atoms with Gasteiger partial charge in [-0.05, 0) is 31.4 Å². The van der Waals surface area contributed by atoms with Gasteiger partial charge in [-0.2, -0.15) is 0 Å². The number of carboxylic acids is 1. The molecule has 1 unspecified atom stereocenters. The maximum atomic E-state index is 11.6. The molecule has 0 aliphatic carbocycles. The van der Waals surface area contributed by atoms with E-state index in [-0.39, 0.29) is 0 Å². The molecule has 0 spiro atoms. The second kappa shape index (κ2) is 8.27. The van der Waals surface area contributed by atoms with Crippen molar-refractivity contribution in [1.29, 1.82) is 0 Å². The molecule has 5 nitrogen and oxygen atoms in total. The number of benzene rings is 1. The average Bonchev–Trinajstić information content (AvgIpc) is 2.38. The summed E-state index contributed by atoms with van der Waals surface area (Å²) in [5, 5.41) is 11.1. The fraction of sp³-hybridized carbons (Fsp3) is 0.286. The van der Waals surface area contributed by atoms with Crippen molar-refractivity contribution < 1.29 is 19.4 Å². The van der Waals surface area contributed by atoms with Gasteiger partial charge in [-0.25, -0.2) is 9.59 Å². The highest BCUT2D eigenvalue weighted by Gasteiger charge is 2.08. The van der Waals surface area contributed by atoms with E-state index in [0.29, 0.717) is 12.1 Å². The van der Waals surface area contributed by atoms with Crippen molar-refractivity contribution in [2.24, 2.45) is 0 Å². The van der Waals surface area contributed by atoms with E-state index in [4.69, 9.17) is 9.84 Å². The zero-order valence-electron chi connectivity index (χ0n) is 11.3. The van der Waals surface area contributed by atoms with Crippen LogP contribution in [0.25, 0.3) is 0 Å². The third-order valence-corrected chi connectivity index (χ3v) is 3.08. The molecule has 0 fully saturated rings. The lowest BCUT2D eigenvalue weighted by molar-refractivity contribution is -0.131. The van der Waals surface area contributed by atoms with Crippen molar-refractivity contribution in [1.82, 2.24) is 0 Å². The lowest BCUT2D eigenvalue weighted by atomic mass is 10.2. The van der Waals surface area contributed by atoms with Crippen molar-refractivity contribution in [3.8, 4) is 0 Å². The van der Waals surface area contributed by atoms with Crippen LogP contribution in [0.2, 0.25) is 0 Å². The molecule has 0 aromatic heterocycles. The molecule has 1 amide bonds. The molecule has 1 aromatic rings. The standard InChI is InChI=1S/C14H17NO4S/c1-10(5-3-8-13(16)17)19-14(18)15-11-6-4-7-12(9-11)20-2/h3-4,6-10H,5H2,1-2H3,(H,15,18)(H,16,17). The van der Waals surface area contributed by atoms with E-state index in [1.165, 1.54) is 6.08 Å². The number of anilines is 1. The molecule has 0 radical (unpaired) electrons. The first-order valence-corrected chi connectivity index (χ1v) is 7.25. The Kier molecular flexibility index (Phi) is 6.66. The van der Waals surface area contributed by atoms with Crippen molar-refractivity contribution >= 4 is 29.5 Å². The second-order valence-corrected chi connectivity index (χ2v) is 4.93. The molecular formula is C14H17NO4S. The van der Waals surface area contributed by atoms with Gasteiger partial charge in [0.25, 0.3) is 0 Å². The number of hydrogen-bond donors (Lipinski definition) is 2. The van der Waals surface area contributed by atoms with E-state index < -0.39 is 18.2 Å². The first-order valence-electron chi connectivity index (χ1n) is 6.02. The molecule has 20 heavy (non-hydrogen) atoms. The van der Waals surface area contributed by atoms with E-state index >= 15 is 0 Å². The molecule has 0 heterocycles. The number of carboxylic acid groups (broad SMARTS) is 1. The molecule has 2 N–H and O–H groups in total. The third kappa shape index (κ3) is 6.29. The average molecular weight is 295 g/mol. The smallest absolute Gasteiger partial charge is 0.411 e. The number of amides is 1. The van der Waals surface area contributed by atoms with Gasteiger partial charge in [-0.15, -0.1) is 11.8 Å². The Hall–Kier alpha value is -1.95. The second-order valence-electron chi connectivity index (χ2n) is 4.05. The van der Waals surface area contributed by atoms with Gasteiger partial charge < -0.3 is 9.84 Å². The van der Waals surface area contributed by atoms with E-state index in [1.54, 1.807) is 24.8 Å². The van der Waals surface area contributed by atoms with E-state index in [0.717, 1.165) is 11.0 Å². The summed E-state index contributed by atoms with van der Waals surface area (Å²) in [5.41, 5.74) is 0.662. The topological polar surface area (TPSA) is 75.6 Å². The minimum absolute atomic E-state index is 0.352. The Balaban J connectivity index is 2.44. The number of carbonyl (C=O) groups excluding carboxylic acids is 1. The number of rotatable bonds is 6. The molecular weight excluding hydrogens is 278 g/mol. The highest BCUT2D eigenvalue weighted by molar-refractivity contribution is 7.98. The summed E-state index contributed by atoms with van der Waals surface area (Å²) in [6.45, 7) is 1.70. The van der Waals surface area contributed by atoms with Gasteiger partial charge in [0.15, 0.2) is 0 Å². The highest BCUT2D eigenvalue weighted by Crippen LogP contribution is 2.19. The van der Waals surface area contributed by atoms with Gasteiger partial charge in [0.05, 0.1) is 0 Å². The number of ether oxygens (including phenoxy) is 1. The Morgan fingerprint density at radius 1 is 1.50 bits per heavy atom. The SMILES string of the molecule is CSc1cccc(NC(=O)OC(C)CC=CC(=O)O)c1. The van der Waals surface area contributed by atoms with Crippen LogP contribution in [0.3, 0.4) is 0 Å². The molecule has 6 heteroatoms. The molecule has 1 rings (SSSR count). The fourth-order valence-electron chi connectivity index (χ4n) is 1.44. The van der Waals surface area contributed by atoms with Crippen molar-refractivity contribution in [3.05, 3.63) is 36.4 Å². The number of carbonyl (C=O) groups is 2. The first kappa shape index (κ1) is 16.1. The Bertz CT molecular complexity index is 502. The van der Waals surface area contributed by atoms with Crippen LogP contribution in [0.4, 0.5) is 10.5 Å². The summed E-state index contributed by atoms with van der Waals surface area (Å²) in [4.78, 5) is 23.0. The van der Waals surface area contributed by atoms with Crippen LogP contribution >= 0.6 is 11.8 Å². The zero-order chi connectivity index (χ0) is 15.0. The maximum Gasteiger partial charge on any atom is 0.411 e. The van der Waals surface area contributed by atoms with Crippen LogP contribution in [-0.2, 0) is 9.53 Å². The first-order chi connectivity index (χ1) is 9.51. The van der Waals surface area contributed by atoms with Gasteiger partial charge in [0.2, 0.25) is 0 Å². The minimum atomic E-state index is -1.02. The fourth-order valence-corrected chi connectivity index (χ4v) is 1.90. The summed E-state index contributed by atoms with van der Waals surface area (Å²) < 4.78 is 5.11. The predicted molar refractivity (Wildman–Crippen MR) is 79.2 cm³/mol. The van der Waals surface area contributed by atoms with E-state index in [9.17, 15) is 9.59 Å². The molecule has 0 saturated carbocycles. The van der Waals surface area contributed by atoms with Crippen LogP contribution in [0.1, 0.15) is 13.3 Å². The number of thioether (sulfide) groups is 1. The largest absolute Gasteiger partial charge is 0.478 e. The number of nitrogens with one attached hydrogen (secondary N) is 1. The minimum Gasteiger partial charge on any atom is -0.478 e. The van der Waals surface area contributed by atoms with Gasteiger partial charge in [0, 0.05) is 23.1 Å². The molecule has 0 saturated heterocycles. The lowest BCUT2D eigenvalue weighted by Crippen LogP contribution is -2.19. The van der Waals surface area contributed by atoms with Gasteiger partial charge in [-0.1, -0.05) is 12.1 Å². The summed E-state index contributed by atoms with van der Waals surface area (Å²) in [7, 11) is 0. The summed E-state index contributed by atoms with van der Waals surface area (Å²) in [5.74, 6) is -1.02. The van der Waals surface area contributed by atoms with Crippen LogP contribution in [0, 0.1) is 0 Å². The van der Waals surface area contributed by atoms with Gasteiger partial charge >= 0.3 is 12.1 Å². The van der Waals surface area contributed by atoms with Crippen LogP contribution in [0.15, 0.2) is 41.3 Å². The maximum absolute atomic E-state index is 11.6. The monoisotopic (exact) mass is 295 g/mol. The molecule has 0 bridgehead atoms. The molecule has 1 atom stereocenters. The third-order valence-electron chi connectivity index (χ3n) is 2.35. The number of hydrogen-bond acceptors (Lipinski definition) is 4. The zero-order valence-corrected chi connectivity index (χ0v) is 12.1. The van der Waals surface area contributed by atoms with Crippen LogP contribution in [0.5, 0.6) is 0 Å². The molecule has 0 aliphatic rings. The predicted octanol–water partition coefficient (Wildman–Crippen LogP) is 3.38. The lowest BCUT2D eigenvalue weighted by Gasteiger charge is -2.12. The molecule has 1 aromatic carbocycles. The van der Waals surface area contributed by atoms with E-state index in [2.05, 4.69) is 5.32 Å². The van der Waals surface area contributed by atoms with Gasteiger partial charge in [-0.3, -0.25) is 5.32 Å². The van der Waals surface area contributed by atoms with Crippen molar-refractivity contribution in [3.63, 3.8) is 0 Å². The Labute approximate surface area is 122 Å². The normalized spacial score (nSPS) is 12.1. The Morgan fingerprint density at radius 3 is 2.90 bits per heavy atom. The summed E-state index contributed by atoms with van der Waals surface area (Å²) in [6.07, 6.45) is 3.83. The van der Waals surface area contributed by atoms with Crippen LogP contribution < -0.4 is 5.32 Å². The number of aliphatic carboxylic acids is 1. The molecule has 0 aliphatic heterocycles. The Morgan fingerprint density at radius 2 is 2.25 bits per heavy atom. The summed E-state index contributed by atoms with van der Waals surface area (Å²) >= 11 is 1.58. The van der Waals surface area contributed by atoms with Crippen molar-refractivity contribution in [2.45, 2.75) is 24.3 Å². The summed E-state index contributed by atoms with van der Waals surface area (Å²) in [6, 6.07) is 7.41.